The number of anilines is 1. The third kappa shape index (κ3) is 8.90. The molecule has 2 amide bonds. The van der Waals surface area contributed by atoms with E-state index in [2.05, 4.69) is 22.8 Å². The molecule has 2 aromatic rings. The average molecular weight is 435 g/mol. The molecule has 0 saturated carbocycles. The lowest BCUT2D eigenvalue weighted by molar-refractivity contribution is -0.137. The van der Waals surface area contributed by atoms with E-state index in [1.165, 1.54) is 18.3 Å². The Morgan fingerprint density at radius 1 is 1.06 bits per heavy atom. The Bertz CT molecular complexity index is 914. The Labute approximate surface area is 178 Å². The highest BCUT2D eigenvalue weighted by Crippen LogP contribution is 2.30. The Morgan fingerprint density at radius 3 is 2.55 bits per heavy atom. The first-order chi connectivity index (χ1) is 14.8. The Kier molecular flexibility index (Phi) is 9.05. The molecule has 0 aliphatic rings. The Morgan fingerprint density at radius 2 is 1.81 bits per heavy atom. The molecular formula is C22H24F3N3O3. The van der Waals surface area contributed by atoms with Gasteiger partial charge in [-0.3, -0.25) is 9.59 Å². The van der Waals surface area contributed by atoms with Crippen LogP contribution in [0.2, 0.25) is 0 Å². The lowest BCUT2D eigenvalue weighted by atomic mass is 10.2. The first kappa shape index (κ1) is 23.9. The molecule has 0 heterocycles. The minimum Gasteiger partial charge on any atom is -0.494 e. The van der Waals surface area contributed by atoms with Crippen LogP contribution in [0.4, 0.5) is 18.9 Å². The van der Waals surface area contributed by atoms with Crippen molar-refractivity contribution in [3.63, 3.8) is 0 Å². The minimum absolute atomic E-state index is 0.0132. The van der Waals surface area contributed by atoms with E-state index >= 15 is 0 Å². The monoisotopic (exact) mass is 435 g/mol. The van der Waals surface area contributed by atoms with Crippen LogP contribution in [0.15, 0.2) is 53.6 Å². The number of ether oxygens (including phenoxy) is 1. The topological polar surface area (TPSA) is 79.8 Å². The van der Waals surface area contributed by atoms with Crippen LogP contribution in [0.5, 0.6) is 5.75 Å². The van der Waals surface area contributed by atoms with Crippen LogP contribution in [0.25, 0.3) is 0 Å². The maximum Gasteiger partial charge on any atom is 0.416 e. The molecule has 0 aromatic heterocycles. The van der Waals surface area contributed by atoms with Crippen LogP contribution >= 0.6 is 0 Å². The molecule has 2 rings (SSSR count). The predicted octanol–water partition coefficient (Wildman–Crippen LogP) is 4.75. The normalized spacial score (nSPS) is 11.4. The number of nitrogens with zero attached hydrogens (tertiary/aromatic N) is 1. The van der Waals surface area contributed by atoms with Gasteiger partial charge in [0.05, 0.1) is 18.4 Å². The molecule has 0 spiro atoms. The van der Waals surface area contributed by atoms with Gasteiger partial charge in [0.2, 0.25) is 11.8 Å². The molecule has 0 atom stereocenters. The van der Waals surface area contributed by atoms with Gasteiger partial charge < -0.3 is 10.1 Å². The van der Waals surface area contributed by atoms with E-state index in [0.717, 1.165) is 30.5 Å². The summed E-state index contributed by atoms with van der Waals surface area (Å²) in [4.78, 5) is 23.7. The van der Waals surface area contributed by atoms with Gasteiger partial charge in [-0.2, -0.15) is 18.3 Å². The summed E-state index contributed by atoms with van der Waals surface area (Å²) in [6.07, 6.45) is -1.42. The zero-order valence-corrected chi connectivity index (χ0v) is 17.0. The molecule has 2 N–H and O–H groups in total. The van der Waals surface area contributed by atoms with E-state index in [1.807, 2.05) is 12.1 Å². The van der Waals surface area contributed by atoms with Gasteiger partial charge in [-0.1, -0.05) is 31.5 Å². The van der Waals surface area contributed by atoms with Gasteiger partial charge in [0.1, 0.15) is 5.75 Å². The fraction of sp³-hybridized carbons (Fsp3) is 0.318. The van der Waals surface area contributed by atoms with Crippen molar-refractivity contribution < 1.29 is 27.5 Å². The van der Waals surface area contributed by atoms with Crippen molar-refractivity contribution in [1.82, 2.24) is 5.43 Å². The number of unbranched alkanes of at least 4 members (excludes halogenated alkanes) is 1. The number of hydrogen-bond donors (Lipinski definition) is 2. The van der Waals surface area contributed by atoms with Gasteiger partial charge in [0.15, 0.2) is 0 Å². The highest BCUT2D eigenvalue weighted by atomic mass is 19.4. The largest absolute Gasteiger partial charge is 0.494 e. The lowest BCUT2D eigenvalue weighted by Gasteiger charge is -2.09. The van der Waals surface area contributed by atoms with Gasteiger partial charge in [-0.05, 0) is 42.3 Å². The third-order valence-electron chi connectivity index (χ3n) is 4.08. The summed E-state index contributed by atoms with van der Waals surface area (Å²) >= 11 is 0. The SMILES string of the molecule is CCCCOc1cccc(C=NNC(=O)CCC(=O)Nc2cccc(C(F)(F)F)c2)c1. The third-order valence-corrected chi connectivity index (χ3v) is 4.08. The maximum atomic E-state index is 12.7. The molecule has 0 aliphatic carbocycles. The molecule has 9 heteroatoms. The number of rotatable bonds is 10. The number of alkyl halides is 3. The summed E-state index contributed by atoms with van der Waals surface area (Å²) in [5, 5.41) is 6.19. The van der Waals surface area contributed by atoms with E-state index in [4.69, 9.17) is 4.74 Å². The Balaban J connectivity index is 1.77. The lowest BCUT2D eigenvalue weighted by Crippen LogP contribution is -2.20. The molecule has 0 aliphatic heterocycles. The fourth-order valence-electron chi connectivity index (χ4n) is 2.48. The van der Waals surface area contributed by atoms with Crippen molar-refractivity contribution in [3.8, 4) is 5.75 Å². The molecule has 0 bridgehead atoms. The van der Waals surface area contributed by atoms with Crippen molar-refractivity contribution >= 4 is 23.7 Å². The van der Waals surface area contributed by atoms with Crippen molar-refractivity contribution in [3.05, 3.63) is 59.7 Å². The Hall–Kier alpha value is -3.36. The average Bonchev–Trinajstić information content (AvgIpc) is 2.72. The number of halogens is 3. The van der Waals surface area contributed by atoms with Crippen molar-refractivity contribution in [2.75, 3.05) is 11.9 Å². The van der Waals surface area contributed by atoms with Gasteiger partial charge >= 0.3 is 6.18 Å². The molecule has 6 nitrogen and oxygen atoms in total. The summed E-state index contributed by atoms with van der Waals surface area (Å²) in [6.45, 7) is 2.69. The molecule has 0 fully saturated rings. The zero-order valence-electron chi connectivity index (χ0n) is 17.0. The summed E-state index contributed by atoms with van der Waals surface area (Å²) in [5.41, 5.74) is 2.19. The quantitative estimate of drug-likeness (QED) is 0.321. The smallest absolute Gasteiger partial charge is 0.416 e. The summed E-state index contributed by atoms with van der Waals surface area (Å²) in [5.74, 6) is -0.365. The molecule has 0 unspecified atom stereocenters. The fourth-order valence-corrected chi connectivity index (χ4v) is 2.48. The van der Waals surface area contributed by atoms with Crippen LogP contribution in [0, 0.1) is 0 Å². The van der Waals surface area contributed by atoms with E-state index in [9.17, 15) is 22.8 Å². The minimum atomic E-state index is -4.50. The molecule has 0 radical (unpaired) electrons. The van der Waals surface area contributed by atoms with Crippen molar-refractivity contribution in [2.45, 2.75) is 38.8 Å². The molecule has 166 valence electrons. The standard InChI is InChI=1S/C22H24F3N3O3/c1-2-3-12-31-19-9-4-6-16(13-19)15-26-28-21(30)11-10-20(29)27-18-8-5-7-17(14-18)22(23,24)25/h4-9,13-15H,2-3,10-12H2,1H3,(H,27,29)(H,28,30). The second-order valence-corrected chi connectivity index (χ2v) is 6.69. The number of carbonyl (C=O) groups is 2. The van der Waals surface area contributed by atoms with Crippen LogP contribution < -0.4 is 15.5 Å². The number of nitrogens with one attached hydrogen (secondary N) is 2. The van der Waals surface area contributed by atoms with E-state index in [1.54, 1.807) is 12.1 Å². The summed E-state index contributed by atoms with van der Waals surface area (Å²) in [7, 11) is 0. The second kappa shape index (κ2) is 11.7. The summed E-state index contributed by atoms with van der Waals surface area (Å²) in [6, 6.07) is 11.5. The van der Waals surface area contributed by atoms with E-state index < -0.39 is 23.6 Å². The first-order valence-electron chi connectivity index (χ1n) is 9.80. The maximum absolute atomic E-state index is 12.7. The first-order valence-corrected chi connectivity index (χ1v) is 9.80. The number of amides is 2. The highest BCUT2D eigenvalue weighted by Gasteiger charge is 2.30. The van der Waals surface area contributed by atoms with Gasteiger partial charge in [-0.25, -0.2) is 5.43 Å². The van der Waals surface area contributed by atoms with Crippen LogP contribution in [-0.4, -0.2) is 24.6 Å². The van der Waals surface area contributed by atoms with Crippen LogP contribution in [0.3, 0.4) is 0 Å². The molecule has 0 saturated heterocycles. The number of carbonyl (C=O) groups excluding carboxylic acids is 2. The van der Waals surface area contributed by atoms with E-state index in [-0.39, 0.29) is 18.5 Å². The molecular weight excluding hydrogens is 411 g/mol. The molecule has 31 heavy (non-hydrogen) atoms. The zero-order chi connectivity index (χ0) is 22.7. The predicted molar refractivity (Wildman–Crippen MR) is 112 cm³/mol. The van der Waals surface area contributed by atoms with Gasteiger partial charge in [0.25, 0.3) is 0 Å². The number of hydrogen-bond acceptors (Lipinski definition) is 4. The second-order valence-electron chi connectivity index (χ2n) is 6.69. The van der Waals surface area contributed by atoms with Gasteiger partial charge in [0, 0.05) is 18.5 Å². The van der Waals surface area contributed by atoms with Crippen molar-refractivity contribution in [1.29, 1.82) is 0 Å². The number of benzene rings is 2. The highest BCUT2D eigenvalue weighted by molar-refractivity contribution is 5.93. The summed E-state index contributed by atoms with van der Waals surface area (Å²) < 4.78 is 43.7. The van der Waals surface area contributed by atoms with E-state index in [0.29, 0.717) is 12.4 Å². The van der Waals surface area contributed by atoms with Crippen LogP contribution in [-0.2, 0) is 15.8 Å². The van der Waals surface area contributed by atoms with Gasteiger partial charge in [-0.15, -0.1) is 0 Å². The van der Waals surface area contributed by atoms with Crippen LogP contribution in [0.1, 0.15) is 43.7 Å². The van der Waals surface area contributed by atoms with Crippen molar-refractivity contribution in [2.24, 2.45) is 5.10 Å². The molecule has 2 aromatic carbocycles. The number of hydrazone groups is 1.